The molecule has 2 aliphatic rings. The maximum absolute atomic E-state index is 13.3. The van der Waals surface area contributed by atoms with Crippen molar-refractivity contribution in [1.82, 2.24) is 18.4 Å². The molecule has 0 saturated carbocycles. The molecule has 8 heteroatoms. The van der Waals surface area contributed by atoms with E-state index < -0.39 is 10.2 Å². The number of ether oxygens (including phenoxy) is 1. The van der Waals surface area contributed by atoms with Crippen molar-refractivity contribution in [3.63, 3.8) is 0 Å². The smallest absolute Gasteiger partial charge is 0.282 e. The van der Waals surface area contributed by atoms with Crippen molar-refractivity contribution in [3.8, 4) is 11.3 Å². The predicted octanol–water partition coefficient (Wildman–Crippen LogP) is 1.84. The molecule has 7 nitrogen and oxygen atoms in total. The zero-order valence-corrected chi connectivity index (χ0v) is 17.4. The fourth-order valence-corrected chi connectivity index (χ4v) is 6.32. The molecule has 1 unspecified atom stereocenters. The number of rotatable bonds is 5. The molecular weight excluding hydrogens is 376 g/mol. The molecular formula is C20H28N4O3S. The van der Waals surface area contributed by atoms with Crippen molar-refractivity contribution in [1.29, 1.82) is 0 Å². The Labute approximate surface area is 167 Å². The van der Waals surface area contributed by atoms with E-state index in [-0.39, 0.29) is 6.04 Å². The van der Waals surface area contributed by atoms with Gasteiger partial charge in [0.1, 0.15) is 0 Å². The van der Waals surface area contributed by atoms with Crippen LogP contribution in [0.1, 0.15) is 24.1 Å². The predicted molar refractivity (Wildman–Crippen MR) is 108 cm³/mol. The molecule has 0 amide bonds. The Bertz CT molecular complexity index is 926. The van der Waals surface area contributed by atoms with Gasteiger partial charge in [-0.25, -0.2) is 0 Å². The average Bonchev–Trinajstić information content (AvgIpc) is 3.21. The second kappa shape index (κ2) is 7.94. The normalized spacial score (nSPS) is 21.6. The average molecular weight is 405 g/mol. The Morgan fingerprint density at radius 3 is 2.64 bits per heavy atom. The van der Waals surface area contributed by atoms with Gasteiger partial charge in [-0.2, -0.15) is 22.1 Å². The quantitative estimate of drug-likeness (QED) is 0.763. The van der Waals surface area contributed by atoms with Gasteiger partial charge < -0.3 is 4.74 Å². The number of hydrogen-bond donors (Lipinski definition) is 0. The lowest BCUT2D eigenvalue weighted by atomic mass is 10.0. The summed E-state index contributed by atoms with van der Waals surface area (Å²) in [7, 11) is 0.103. The van der Waals surface area contributed by atoms with Gasteiger partial charge in [-0.15, -0.1) is 0 Å². The van der Waals surface area contributed by atoms with Crippen molar-refractivity contribution in [2.75, 3.05) is 33.4 Å². The molecule has 1 aromatic heterocycles. The highest BCUT2D eigenvalue weighted by molar-refractivity contribution is 7.86. The molecule has 0 N–H and O–H groups in total. The Kier molecular flexibility index (Phi) is 5.55. The summed E-state index contributed by atoms with van der Waals surface area (Å²) in [5, 5.41) is 4.71. The first kappa shape index (κ1) is 19.6. The molecule has 0 aliphatic carbocycles. The van der Waals surface area contributed by atoms with Crippen molar-refractivity contribution < 1.29 is 13.2 Å². The van der Waals surface area contributed by atoms with E-state index in [9.17, 15) is 8.42 Å². The molecule has 1 atom stereocenters. The van der Waals surface area contributed by atoms with Gasteiger partial charge in [-0.1, -0.05) is 30.3 Å². The van der Waals surface area contributed by atoms with Gasteiger partial charge in [0, 0.05) is 57.4 Å². The van der Waals surface area contributed by atoms with Crippen LogP contribution in [0.4, 0.5) is 0 Å². The highest BCUT2D eigenvalue weighted by Crippen LogP contribution is 2.30. The van der Waals surface area contributed by atoms with Crippen LogP contribution in [0, 0.1) is 0 Å². The van der Waals surface area contributed by atoms with Crippen LogP contribution in [0.15, 0.2) is 30.3 Å². The first-order valence-electron chi connectivity index (χ1n) is 9.88. The SMILES string of the molecule is COCC1CCCN1S(=O)(=O)N1CCc2nn(C)c(-c3ccccc3)c2CC1. The maximum Gasteiger partial charge on any atom is 0.282 e. The number of benzene rings is 1. The fraction of sp³-hybridized carbons (Fsp3) is 0.550. The van der Waals surface area contributed by atoms with E-state index in [2.05, 4.69) is 12.1 Å². The molecule has 1 aromatic carbocycles. The van der Waals surface area contributed by atoms with Gasteiger partial charge in [0.05, 0.1) is 18.0 Å². The van der Waals surface area contributed by atoms with Crippen LogP contribution < -0.4 is 0 Å². The lowest BCUT2D eigenvalue weighted by Crippen LogP contribution is -2.48. The van der Waals surface area contributed by atoms with Crippen molar-refractivity contribution in [2.45, 2.75) is 31.7 Å². The minimum absolute atomic E-state index is 0.0553. The second-order valence-electron chi connectivity index (χ2n) is 7.53. The Morgan fingerprint density at radius 1 is 1.14 bits per heavy atom. The van der Waals surface area contributed by atoms with Gasteiger partial charge in [0.2, 0.25) is 0 Å². The zero-order chi connectivity index (χ0) is 19.7. The van der Waals surface area contributed by atoms with Crippen LogP contribution in [0.2, 0.25) is 0 Å². The Hall–Kier alpha value is -1.74. The van der Waals surface area contributed by atoms with E-state index in [1.54, 1.807) is 15.7 Å². The summed E-state index contributed by atoms with van der Waals surface area (Å²) in [6.45, 7) is 1.98. The number of aryl methyl sites for hydroxylation is 1. The monoisotopic (exact) mass is 404 g/mol. The van der Waals surface area contributed by atoms with E-state index in [0.717, 1.165) is 29.8 Å². The van der Waals surface area contributed by atoms with Gasteiger partial charge in [0.15, 0.2) is 0 Å². The maximum atomic E-state index is 13.3. The molecule has 1 fully saturated rings. The van der Waals surface area contributed by atoms with Crippen molar-refractivity contribution in [2.24, 2.45) is 7.05 Å². The molecule has 152 valence electrons. The van der Waals surface area contributed by atoms with Crippen LogP contribution in [0.3, 0.4) is 0 Å². The summed E-state index contributed by atoms with van der Waals surface area (Å²) in [5.74, 6) is 0. The molecule has 0 spiro atoms. The first-order valence-corrected chi connectivity index (χ1v) is 11.3. The number of fused-ring (bicyclic) bond motifs is 1. The van der Waals surface area contributed by atoms with E-state index in [4.69, 9.17) is 9.84 Å². The second-order valence-corrected chi connectivity index (χ2v) is 9.41. The molecule has 28 heavy (non-hydrogen) atoms. The molecule has 1 saturated heterocycles. The van der Waals surface area contributed by atoms with E-state index >= 15 is 0 Å². The van der Waals surface area contributed by atoms with Crippen LogP contribution in [0.5, 0.6) is 0 Å². The van der Waals surface area contributed by atoms with Crippen LogP contribution >= 0.6 is 0 Å². The third-order valence-corrected chi connectivity index (χ3v) is 7.88. The van der Waals surface area contributed by atoms with Crippen LogP contribution in [-0.2, 0) is 34.8 Å². The van der Waals surface area contributed by atoms with E-state index in [1.807, 2.05) is 29.9 Å². The molecule has 2 aromatic rings. The highest BCUT2D eigenvalue weighted by Gasteiger charge is 2.39. The first-order chi connectivity index (χ1) is 13.5. The molecule has 3 heterocycles. The van der Waals surface area contributed by atoms with E-state index in [0.29, 0.717) is 39.1 Å². The minimum Gasteiger partial charge on any atom is -0.383 e. The van der Waals surface area contributed by atoms with Gasteiger partial charge in [0.25, 0.3) is 10.2 Å². The zero-order valence-electron chi connectivity index (χ0n) is 16.5. The molecule has 0 bridgehead atoms. The topological polar surface area (TPSA) is 67.7 Å². The van der Waals surface area contributed by atoms with Crippen molar-refractivity contribution in [3.05, 3.63) is 41.6 Å². The Morgan fingerprint density at radius 2 is 1.89 bits per heavy atom. The molecule has 4 rings (SSSR count). The lowest BCUT2D eigenvalue weighted by molar-refractivity contribution is 0.146. The number of aromatic nitrogens is 2. The molecule has 2 aliphatic heterocycles. The number of nitrogens with zero attached hydrogens (tertiary/aromatic N) is 4. The van der Waals surface area contributed by atoms with Gasteiger partial charge >= 0.3 is 0 Å². The summed E-state index contributed by atoms with van der Waals surface area (Å²) in [4.78, 5) is 0. The highest BCUT2D eigenvalue weighted by atomic mass is 32.2. The van der Waals surface area contributed by atoms with Gasteiger partial charge in [-0.05, 0) is 19.3 Å². The fourth-order valence-electron chi connectivity index (χ4n) is 4.47. The lowest BCUT2D eigenvalue weighted by Gasteiger charge is -2.30. The summed E-state index contributed by atoms with van der Waals surface area (Å²) < 4.78 is 37.0. The third-order valence-electron chi connectivity index (χ3n) is 5.79. The summed E-state index contributed by atoms with van der Waals surface area (Å²) >= 11 is 0. The van der Waals surface area contributed by atoms with Crippen LogP contribution in [-0.4, -0.2) is 66.2 Å². The Balaban J connectivity index is 1.58. The van der Waals surface area contributed by atoms with Crippen LogP contribution in [0.25, 0.3) is 11.3 Å². The van der Waals surface area contributed by atoms with Gasteiger partial charge in [-0.3, -0.25) is 4.68 Å². The van der Waals surface area contributed by atoms with E-state index in [1.165, 1.54) is 5.56 Å². The summed E-state index contributed by atoms with van der Waals surface area (Å²) in [6.07, 6.45) is 3.07. The largest absolute Gasteiger partial charge is 0.383 e. The summed E-state index contributed by atoms with van der Waals surface area (Å²) in [6, 6.07) is 10.1. The third kappa shape index (κ3) is 3.50. The number of hydrogen-bond acceptors (Lipinski definition) is 4. The molecule has 0 radical (unpaired) electrons. The summed E-state index contributed by atoms with van der Waals surface area (Å²) in [5.41, 5.74) is 4.39. The number of methoxy groups -OCH3 is 1. The van der Waals surface area contributed by atoms with Crippen molar-refractivity contribution >= 4 is 10.2 Å². The standard InChI is InChI=1S/C20H28N4O3S/c1-22-20(16-7-4-3-5-8-16)18-10-13-23(14-11-19(18)21-22)28(25,26)24-12-6-9-17(24)15-27-2/h3-5,7-8,17H,6,9-15H2,1-2H3. The minimum atomic E-state index is -3.49.